The third-order valence-corrected chi connectivity index (χ3v) is 3.28. The van der Waals surface area contributed by atoms with Gasteiger partial charge in [0.25, 0.3) is 0 Å². The van der Waals surface area contributed by atoms with Crippen molar-refractivity contribution in [2.45, 2.75) is 13.3 Å². The van der Waals surface area contributed by atoms with Gasteiger partial charge in [-0.05, 0) is 36.4 Å². The summed E-state index contributed by atoms with van der Waals surface area (Å²) in [6, 6.07) is 10.7. The topological polar surface area (TPSA) is 46.2 Å². The predicted molar refractivity (Wildman–Crippen MR) is 80.2 cm³/mol. The van der Waals surface area contributed by atoms with E-state index in [0.717, 1.165) is 0 Å². The number of hydrogen-bond donors (Lipinski definition) is 1. The molecule has 0 heterocycles. The van der Waals surface area contributed by atoms with Crippen LogP contribution in [0.15, 0.2) is 42.5 Å². The van der Waals surface area contributed by atoms with Gasteiger partial charge in [-0.3, -0.25) is 9.59 Å². The lowest BCUT2D eigenvalue weighted by atomic mass is 10.0. The first-order valence-corrected chi connectivity index (χ1v) is 6.69. The van der Waals surface area contributed by atoms with Crippen LogP contribution in [0.25, 0.3) is 0 Å². The van der Waals surface area contributed by atoms with Crippen LogP contribution in [-0.4, -0.2) is 11.7 Å². The van der Waals surface area contributed by atoms with Crippen molar-refractivity contribution >= 4 is 29.0 Å². The number of nitrogens with one attached hydrogen (secondary N) is 1. The van der Waals surface area contributed by atoms with Crippen molar-refractivity contribution in [3.05, 3.63) is 64.4 Å². The summed E-state index contributed by atoms with van der Waals surface area (Å²) < 4.78 is 13.6. The quantitative estimate of drug-likeness (QED) is 0.872. The van der Waals surface area contributed by atoms with Gasteiger partial charge in [-0.1, -0.05) is 17.7 Å². The minimum Gasteiger partial charge on any atom is -0.326 e. The number of amides is 1. The third-order valence-electron chi connectivity index (χ3n) is 2.93. The zero-order valence-corrected chi connectivity index (χ0v) is 12.1. The highest BCUT2D eigenvalue weighted by molar-refractivity contribution is 6.31. The maximum Gasteiger partial charge on any atom is 0.221 e. The summed E-state index contributed by atoms with van der Waals surface area (Å²) in [5.74, 6) is -0.922. The van der Waals surface area contributed by atoms with Gasteiger partial charge in [0.05, 0.1) is 0 Å². The van der Waals surface area contributed by atoms with Crippen molar-refractivity contribution in [1.82, 2.24) is 0 Å². The van der Waals surface area contributed by atoms with Gasteiger partial charge in [0.1, 0.15) is 5.82 Å². The molecule has 1 N–H and O–H groups in total. The predicted octanol–water partition coefficient (Wildman–Crippen LogP) is 3.86. The molecule has 0 saturated carbocycles. The molecule has 1 amide bonds. The summed E-state index contributed by atoms with van der Waals surface area (Å²) in [7, 11) is 0. The molecule has 2 aromatic rings. The van der Waals surface area contributed by atoms with Crippen LogP contribution in [-0.2, 0) is 11.2 Å². The van der Waals surface area contributed by atoms with Gasteiger partial charge in [-0.15, -0.1) is 0 Å². The highest BCUT2D eigenvalue weighted by atomic mass is 35.5. The second-order valence-corrected chi connectivity index (χ2v) is 4.97. The van der Waals surface area contributed by atoms with E-state index in [1.165, 1.54) is 19.1 Å². The molecule has 0 bridgehead atoms. The van der Waals surface area contributed by atoms with E-state index < -0.39 is 5.82 Å². The molecule has 0 spiro atoms. The fourth-order valence-electron chi connectivity index (χ4n) is 1.91. The molecule has 0 aliphatic carbocycles. The average Bonchev–Trinajstić information content (AvgIpc) is 2.43. The van der Waals surface area contributed by atoms with Gasteiger partial charge < -0.3 is 5.32 Å². The smallest absolute Gasteiger partial charge is 0.221 e. The van der Waals surface area contributed by atoms with E-state index in [2.05, 4.69) is 5.32 Å². The molecule has 21 heavy (non-hydrogen) atoms. The van der Waals surface area contributed by atoms with Gasteiger partial charge in [0, 0.05) is 35.2 Å². The summed E-state index contributed by atoms with van der Waals surface area (Å²) >= 11 is 5.90. The Bertz CT molecular complexity index is 663. The zero-order valence-electron chi connectivity index (χ0n) is 11.3. The van der Waals surface area contributed by atoms with E-state index in [9.17, 15) is 14.0 Å². The molecule has 0 aliphatic heterocycles. The van der Waals surface area contributed by atoms with Crippen LogP contribution in [0.1, 0.15) is 22.8 Å². The number of halogens is 2. The molecule has 0 unspecified atom stereocenters. The Morgan fingerprint density at radius 1 is 1.14 bits per heavy atom. The van der Waals surface area contributed by atoms with Crippen molar-refractivity contribution in [2.24, 2.45) is 0 Å². The van der Waals surface area contributed by atoms with Gasteiger partial charge in [-0.2, -0.15) is 0 Å². The number of anilines is 1. The number of hydrogen-bond acceptors (Lipinski definition) is 2. The van der Waals surface area contributed by atoms with Crippen molar-refractivity contribution in [1.29, 1.82) is 0 Å². The van der Waals surface area contributed by atoms with Gasteiger partial charge in [0.2, 0.25) is 5.91 Å². The Balaban J connectivity index is 2.15. The van der Waals surface area contributed by atoms with Gasteiger partial charge in [-0.25, -0.2) is 4.39 Å². The largest absolute Gasteiger partial charge is 0.326 e. The van der Waals surface area contributed by atoms with Crippen LogP contribution in [0, 0.1) is 5.82 Å². The fourth-order valence-corrected chi connectivity index (χ4v) is 2.14. The SMILES string of the molecule is CC(=O)Nc1ccc(C(=O)Cc2c(F)cccc2Cl)cc1. The summed E-state index contributed by atoms with van der Waals surface area (Å²) in [4.78, 5) is 23.1. The molecule has 108 valence electrons. The maximum absolute atomic E-state index is 13.6. The number of rotatable bonds is 4. The second-order valence-electron chi connectivity index (χ2n) is 4.56. The summed E-state index contributed by atoms with van der Waals surface area (Å²) in [5.41, 5.74) is 1.22. The van der Waals surface area contributed by atoms with Crippen molar-refractivity contribution in [2.75, 3.05) is 5.32 Å². The molecule has 5 heteroatoms. The minimum atomic E-state index is -0.495. The summed E-state index contributed by atoms with van der Waals surface area (Å²) in [6.07, 6.45) is -0.106. The van der Waals surface area contributed by atoms with E-state index in [4.69, 9.17) is 11.6 Å². The van der Waals surface area contributed by atoms with Crippen LogP contribution in [0.5, 0.6) is 0 Å². The molecular formula is C16H13ClFNO2. The zero-order chi connectivity index (χ0) is 15.4. The third kappa shape index (κ3) is 3.89. The Morgan fingerprint density at radius 2 is 1.81 bits per heavy atom. The number of ketones is 1. The van der Waals surface area contributed by atoms with Crippen molar-refractivity contribution in [3.63, 3.8) is 0 Å². The lowest BCUT2D eigenvalue weighted by molar-refractivity contribution is -0.114. The molecular weight excluding hydrogens is 293 g/mol. The first-order valence-electron chi connectivity index (χ1n) is 6.31. The highest BCUT2D eigenvalue weighted by Crippen LogP contribution is 2.21. The van der Waals surface area contributed by atoms with Crippen LogP contribution in [0.3, 0.4) is 0 Å². The van der Waals surface area contributed by atoms with E-state index in [-0.39, 0.29) is 28.7 Å². The van der Waals surface area contributed by atoms with E-state index in [1.54, 1.807) is 30.3 Å². The number of carbonyl (C=O) groups excluding carboxylic acids is 2. The van der Waals surface area contributed by atoms with Gasteiger partial charge in [0.15, 0.2) is 5.78 Å². The van der Waals surface area contributed by atoms with Crippen molar-refractivity contribution in [3.8, 4) is 0 Å². The molecule has 0 aromatic heterocycles. The average molecular weight is 306 g/mol. The van der Waals surface area contributed by atoms with E-state index >= 15 is 0 Å². The molecule has 0 atom stereocenters. The Kier molecular flexibility index (Phi) is 4.70. The van der Waals surface area contributed by atoms with Crippen LogP contribution < -0.4 is 5.32 Å². The lowest BCUT2D eigenvalue weighted by Gasteiger charge is -2.06. The highest BCUT2D eigenvalue weighted by Gasteiger charge is 2.13. The second kappa shape index (κ2) is 6.50. The standard InChI is InChI=1S/C16H13ClFNO2/c1-10(20)19-12-7-5-11(6-8-12)16(21)9-13-14(17)3-2-4-15(13)18/h2-8H,9H2,1H3,(H,19,20). The first kappa shape index (κ1) is 15.2. The van der Waals surface area contributed by atoms with Crippen LogP contribution in [0.2, 0.25) is 5.02 Å². The first-order chi connectivity index (χ1) is 9.97. The fraction of sp³-hybridized carbons (Fsp3) is 0.125. The molecule has 3 nitrogen and oxygen atoms in total. The Labute approximate surface area is 126 Å². The van der Waals surface area contributed by atoms with Crippen molar-refractivity contribution < 1.29 is 14.0 Å². The maximum atomic E-state index is 13.6. The Hall–Kier alpha value is -2.20. The molecule has 0 aliphatic rings. The molecule has 2 rings (SSSR count). The normalized spacial score (nSPS) is 10.2. The summed E-state index contributed by atoms with van der Waals surface area (Å²) in [5, 5.41) is 2.84. The monoisotopic (exact) mass is 305 g/mol. The van der Waals surface area contributed by atoms with Gasteiger partial charge >= 0.3 is 0 Å². The molecule has 0 fully saturated rings. The van der Waals surface area contributed by atoms with Crippen LogP contribution >= 0.6 is 11.6 Å². The Morgan fingerprint density at radius 3 is 2.38 bits per heavy atom. The molecule has 2 aromatic carbocycles. The minimum absolute atomic E-state index is 0.106. The number of benzene rings is 2. The van der Waals surface area contributed by atoms with E-state index in [0.29, 0.717) is 11.3 Å². The molecule has 0 radical (unpaired) electrons. The summed E-state index contributed by atoms with van der Waals surface area (Å²) in [6.45, 7) is 1.40. The molecule has 0 saturated heterocycles. The number of carbonyl (C=O) groups is 2. The lowest BCUT2D eigenvalue weighted by Crippen LogP contribution is -2.08. The van der Waals surface area contributed by atoms with Crippen LogP contribution in [0.4, 0.5) is 10.1 Å². The van der Waals surface area contributed by atoms with E-state index in [1.807, 2.05) is 0 Å². The number of Topliss-reactive ketones (excluding diaryl/α,β-unsaturated/α-hetero) is 1.